The van der Waals surface area contributed by atoms with Gasteiger partial charge in [-0.3, -0.25) is 0 Å². The number of nitrogens with one attached hydrogen (secondary N) is 2. The van der Waals surface area contributed by atoms with E-state index < -0.39 is 0 Å². The fourth-order valence-corrected chi connectivity index (χ4v) is 2.38. The Hall–Kier alpha value is -1.68. The highest BCUT2D eigenvalue weighted by molar-refractivity contribution is 14.0. The van der Waals surface area contributed by atoms with Crippen LogP contribution in [0.3, 0.4) is 0 Å². The molecule has 0 radical (unpaired) electrons. The molecule has 2 rings (SSSR count). The van der Waals surface area contributed by atoms with Gasteiger partial charge in [0.05, 0.1) is 11.8 Å². The number of methoxy groups -OCH3 is 1. The van der Waals surface area contributed by atoms with E-state index in [2.05, 4.69) is 34.6 Å². The largest absolute Gasteiger partial charge is 0.375 e. The summed E-state index contributed by atoms with van der Waals surface area (Å²) in [5.74, 6) is 1.42. The van der Waals surface area contributed by atoms with Gasteiger partial charge in [0.1, 0.15) is 12.4 Å². The molecule has 6 nitrogen and oxygen atoms in total. The van der Waals surface area contributed by atoms with Gasteiger partial charge in [0.2, 0.25) is 0 Å². The molecular formula is C19H28FIN4O2. The molecule has 1 heterocycles. The molecule has 0 spiro atoms. The van der Waals surface area contributed by atoms with Gasteiger partial charge < -0.3 is 19.9 Å². The monoisotopic (exact) mass is 490 g/mol. The highest BCUT2D eigenvalue weighted by Crippen LogP contribution is 2.16. The van der Waals surface area contributed by atoms with Gasteiger partial charge in [-0.15, -0.1) is 24.0 Å². The van der Waals surface area contributed by atoms with Crippen LogP contribution in [0.1, 0.15) is 49.8 Å². The molecule has 0 aliphatic heterocycles. The molecule has 1 aromatic heterocycles. The average molecular weight is 490 g/mol. The number of nitrogens with zero attached hydrogens (tertiary/aromatic N) is 2. The molecule has 0 saturated heterocycles. The molecule has 2 aromatic rings. The number of benzene rings is 1. The Kier molecular flexibility index (Phi) is 10.3. The quantitative estimate of drug-likeness (QED) is 0.333. The molecule has 0 aliphatic rings. The molecule has 0 saturated carbocycles. The zero-order valence-electron chi connectivity index (χ0n) is 16.2. The average Bonchev–Trinajstić information content (AvgIpc) is 3.11. The van der Waals surface area contributed by atoms with E-state index in [0.29, 0.717) is 30.7 Å². The van der Waals surface area contributed by atoms with E-state index >= 15 is 0 Å². The van der Waals surface area contributed by atoms with Crippen molar-refractivity contribution in [1.29, 1.82) is 0 Å². The van der Waals surface area contributed by atoms with Gasteiger partial charge in [0.25, 0.3) is 0 Å². The second-order valence-electron chi connectivity index (χ2n) is 6.22. The third-order valence-electron chi connectivity index (χ3n) is 3.89. The number of hydrogen-bond donors (Lipinski definition) is 2. The molecule has 0 bridgehead atoms. The van der Waals surface area contributed by atoms with Crippen molar-refractivity contribution in [2.45, 2.75) is 39.3 Å². The molecule has 0 fully saturated rings. The Labute approximate surface area is 177 Å². The van der Waals surface area contributed by atoms with E-state index in [1.165, 1.54) is 12.1 Å². The highest BCUT2D eigenvalue weighted by Gasteiger charge is 2.12. The van der Waals surface area contributed by atoms with E-state index in [1.807, 2.05) is 13.0 Å². The summed E-state index contributed by atoms with van der Waals surface area (Å²) in [5.41, 5.74) is 1.82. The first-order valence-electron chi connectivity index (χ1n) is 8.79. The minimum atomic E-state index is -0.265. The summed E-state index contributed by atoms with van der Waals surface area (Å²) in [6.07, 6.45) is -0.211. The van der Waals surface area contributed by atoms with E-state index in [9.17, 15) is 4.39 Å². The molecule has 1 unspecified atom stereocenters. The SMILES string of the molecule is CCNC(=NCc1cc(C(C)C)no1)NCC(OC)c1ccc(F)cc1.I. The Morgan fingerprint density at radius 1 is 1.26 bits per heavy atom. The lowest BCUT2D eigenvalue weighted by Crippen LogP contribution is -2.39. The maximum atomic E-state index is 13.1. The summed E-state index contributed by atoms with van der Waals surface area (Å²) in [6.45, 7) is 7.75. The Balaban J connectivity index is 0.00000364. The second kappa shape index (κ2) is 11.9. The Bertz CT molecular complexity index is 704. The van der Waals surface area contributed by atoms with E-state index in [1.54, 1.807) is 19.2 Å². The van der Waals surface area contributed by atoms with Crippen LogP contribution in [0, 0.1) is 5.82 Å². The van der Waals surface area contributed by atoms with Crippen molar-refractivity contribution in [3.63, 3.8) is 0 Å². The first kappa shape index (κ1) is 23.4. The van der Waals surface area contributed by atoms with Crippen LogP contribution in [0.25, 0.3) is 0 Å². The van der Waals surface area contributed by atoms with Gasteiger partial charge in [-0.05, 0) is 30.5 Å². The standard InChI is InChI=1S/C19H27FN4O2.HI/c1-5-21-19(22-11-16-10-17(13(2)3)24-26-16)23-12-18(25-4)14-6-8-15(20)9-7-14;/h6-10,13,18H,5,11-12H2,1-4H3,(H2,21,22,23);1H. The van der Waals surface area contributed by atoms with Crippen LogP contribution in [-0.2, 0) is 11.3 Å². The number of aliphatic imine (C=N–C) groups is 1. The van der Waals surface area contributed by atoms with Crippen molar-refractivity contribution in [3.05, 3.63) is 53.2 Å². The predicted molar refractivity (Wildman–Crippen MR) is 115 cm³/mol. The molecule has 0 aliphatic carbocycles. The number of aromatic nitrogens is 1. The Morgan fingerprint density at radius 2 is 1.96 bits per heavy atom. The van der Waals surface area contributed by atoms with E-state index in [-0.39, 0.29) is 35.9 Å². The van der Waals surface area contributed by atoms with Crippen LogP contribution in [0.5, 0.6) is 0 Å². The molecule has 27 heavy (non-hydrogen) atoms. The van der Waals surface area contributed by atoms with Crippen molar-refractivity contribution in [3.8, 4) is 0 Å². The van der Waals surface area contributed by atoms with Gasteiger partial charge in [0, 0.05) is 26.3 Å². The third-order valence-corrected chi connectivity index (χ3v) is 3.89. The van der Waals surface area contributed by atoms with Gasteiger partial charge in [0.15, 0.2) is 11.7 Å². The lowest BCUT2D eigenvalue weighted by Gasteiger charge is -2.18. The minimum Gasteiger partial charge on any atom is -0.375 e. The summed E-state index contributed by atoms with van der Waals surface area (Å²) in [6, 6.07) is 8.22. The van der Waals surface area contributed by atoms with Crippen LogP contribution in [0.15, 0.2) is 39.8 Å². The van der Waals surface area contributed by atoms with E-state index in [0.717, 1.165) is 17.8 Å². The van der Waals surface area contributed by atoms with Crippen LogP contribution < -0.4 is 10.6 Å². The van der Waals surface area contributed by atoms with Gasteiger partial charge in [-0.2, -0.15) is 0 Å². The van der Waals surface area contributed by atoms with Crippen molar-refractivity contribution in [2.75, 3.05) is 20.2 Å². The van der Waals surface area contributed by atoms with Gasteiger partial charge in [-0.1, -0.05) is 31.1 Å². The summed E-state index contributed by atoms with van der Waals surface area (Å²) in [5, 5.41) is 10.5. The molecule has 8 heteroatoms. The third kappa shape index (κ3) is 7.45. The minimum absolute atomic E-state index is 0. The summed E-state index contributed by atoms with van der Waals surface area (Å²) in [7, 11) is 1.63. The van der Waals surface area contributed by atoms with Crippen molar-refractivity contribution < 1.29 is 13.7 Å². The zero-order valence-corrected chi connectivity index (χ0v) is 18.5. The van der Waals surface area contributed by atoms with Crippen LogP contribution in [-0.4, -0.2) is 31.3 Å². The molecule has 1 aromatic carbocycles. The van der Waals surface area contributed by atoms with Crippen molar-refractivity contribution in [1.82, 2.24) is 15.8 Å². The highest BCUT2D eigenvalue weighted by atomic mass is 127. The molecule has 150 valence electrons. The smallest absolute Gasteiger partial charge is 0.191 e. The number of rotatable bonds is 8. The van der Waals surface area contributed by atoms with Gasteiger partial charge >= 0.3 is 0 Å². The summed E-state index contributed by atoms with van der Waals surface area (Å²) >= 11 is 0. The first-order valence-corrected chi connectivity index (χ1v) is 8.79. The number of guanidine groups is 1. The topological polar surface area (TPSA) is 71.7 Å². The fourth-order valence-electron chi connectivity index (χ4n) is 2.38. The lowest BCUT2D eigenvalue weighted by atomic mass is 10.1. The number of halogens is 2. The first-order chi connectivity index (χ1) is 12.5. The maximum Gasteiger partial charge on any atom is 0.191 e. The Morgan fingerprint density at radius 3 is 2.52 bits per heavy atom. The normalized spacial score (nSPS) is 12.6. The number of ether oxygens (including phenoxy) is 1. The molecular weight excluding hydrogens is 462 g/mol. The van der Waals surface area contributed by atoms with Crippen LogP contribution in [0.4, 0.5) is 4.39 Å². The van der Waals surface area contributed by atoms with Crippen LogP contribution >= 0.6 is 24.0 Å². The van der Waals surface area contributed by atoms with Gasteiger partial charge in [-0.25, -0.2) is 9.38 Å². The lowest BCUT2D eigenvalue weighted by molar-refractivity contribution is 0.106. The van der Waals surface area contributed by atoms with E-state index in [4.69, 9.17) is 9.26 Å². The molecule has 2 N–H and O–H groups in total. The zero-order chi connectivity index (χ0) is 18.9. The van der Waals surface area contributed by atoms with Crippen LogP contribution in [0.2, 0.25) is 0 Å². The van der Waals surface area contributed by atoms with Crippen molar-refractivity contribution in [2.24, 2.45) is 4.99 Å². The summed E-state index contributed by atoms with van der Waals surface area (Å²) in [4.78, 5) is 4.52. The molecule has 0 amide bonds. The maximum absolute atomic E-state index is 13.1. The predicted octanol–water partition coefficient (Wildman–Crippen LogP) is 4.00. The second-order valence-corrected chi connectivity index (χ2v) is 6.22. The number of hydrogen-bond acceptors (Lipinski definition) is 4. The van der Waals surface area contributed by atoms with Crippen molar-refractivity contribution >= 4 is 29.9 Å². The summed E-state index contributed by atoms with van der Waals surface area (Å²) < 4.78 is 23.9. The fraction of sp³-hybridized carbons (Fsp3) is 0.474. The molecule has 1 atom stereocenters.